The number of aromatic nitrogens is 2. The van der Waals surface area contributed by atoms with Crippen LogP contribution in [0.25, 0.3) is 0 Å². The molecule has 0 saturated carbocycles. The van der Waals surface area contributed by atoms with Crippen molar-refractivity contribution in [1.29, 1.82) is 0 Å². The molecule has 1 amide bonds. The lowest BCUT2D eigenvalue weighted by atomic mass is 10.2. The van der Waals surface area contributed by atoms with E-state index in [0.29, 0.717) is 22.8 Å². The van der Waals surface area contributed by atoms with Crippen molar-refractivity contribution in [3.8, 4) is 11.8 Å². The second-order valence-electron chi connectivity index (χ2n) is 6.54. The van der Waals surface area contributed by atoms with Crippen LogP contribution >= 0.6 is 0 Å². The third-order valence-electron chi connectivity index (χ3n) is 4.31. The molecule has 0 bridgehead atoms. The molecule has 0 aliphatic heterocycles. The summed E-state index contributed by atoms with van der Waals surface area (Å²) in [7, 11) is -3.73. The van der Waals surface area contributed by atoms with Crippen LogP contribution in [0.5, 0.6) is 11.8 Å². The Labute approximate surface area is 184 Å². The molecular weight excluding hydrogens is 432 g/mol. The number of rotatable bonds is 8. The number of hydrogen-bond acceptors (Lipinski definition) is 7. The third-order valence-corrected chi connectivity index (χ3v) is 5.72. The number of nitrogens with zero attached hydrogens (tertiary/aromatic N) is 2. The molecule has 0 radical (unpaired) electrons. The van der Waals surface area contributed by atoms with Gasteiger partial charge in [-0.25, -0.2) is 23.1 Å². The summed E-state index contributed by atoms with van der Waals surface area (Å²) in [5.74, 6) is 0.639. The van der Waals surface area contributed by atoms with Crippen LogP contribution in [0.2, 0.25) is 0 Å². The maximum Gasteiger partial charge on any atom is 0.321 e. The SMILES string of the molecule is O=C(Nc1ccc(Oc2ncccn2)cc1)c1ccc(S(=O)(=O)NCc2ccco2)cc1. The molecule has 0 unspecified atom stereocenters. The van der Waals surface area contributed by atoms with E-state index in [0.717, 1.165) is 0 Å². The van der Waals surface area contributed by atoms with Crippen LogP contribution < -0.4 is 14.8 Å². The van der Waals surface area contributed by atoms with E-state index in [1.165, 1.54) is 30.5 Å². The van der Waals surface area contributed by atoms with Crippen molar-refractivity contribution in [1.82, 2.24) is 14.7 Å². The summed E-state index contributed by atoms with van der Waals surface area (Å²) in [6.45, 7) is 0.0354. The van der Waals surface area contributed by atoms with E-state index in [1.54, 1.807) is 54.9 Å². The Morgan fingerprint density at radius 2 is 1.66 bits per heavy atom. The normalized spacial score (nSPS) is 11.1. The molecule has 2 aromatic carbocycles. The van der Waals surface area contributed by atoms with Crippen molar-refractivity contribution in [3.63, 3.8) is 0 Å². The fourth-order valence-electron chi connectivity index (χ4n) is 2.70. The number of hydrogen-bond donors (Lipinski definition) is 2. The van der Waals surface area contributed by atoms with Crippen molar-refractivity contribution >= 4 is 21.6 Å². The number of carbonyl (C=O) groups excluding carboxylic acids is 1. The fourth-order valence-corrected chi connectivity index (χ4v) is 3.69. The van der Waals surface area contributed by atoms with Gasteiger partial charge in [0.15, 0.2) is 0 Å². The van der Waals surface area contributed by atoms with E-state index in [4.69, 9.17) is 9.15 Å². The lowest BCUT2D eigenvalue weighted by Gasteiger charge is -2.09. The van der Waals surface area contributed by atoms with Gasteiger partial charge in [-0.1, -0.05) is 0 Å². The zero-order chi connectivity index (χ0) is 22.4. The van der Waals surface area contributed by atoms with E-state index >= 15 is 0 Å². The molecule has 0 fully saturated rings. The number of amides is 1. The smallest absolute Gasteiger partial charge is 0.321 e. The molecule has 10 heteroatoms. The summed E-state index contributed by atoms with van der Waals surface area (Å²) in [6.07, 6.45) is 4.61. The van der Waals surface area contributed by atoms with Gasteiger partial charge in [0.1, 0.15) is 11.5 Å². The first-order chi connectivity index (χ1) is 15.5. The van der Waals surface area contributed by atoms with Gasteiger partial charge in [0.05, 0.1) is 17.7 Å². The molecule has 0 aliphatic carbocycles. The highest BCUT2D eigenvalue weighted by Gasteiger charge is 2.15. The summed E-state index contributed by atoms with van der Waals surface area (Å²) in [4.78, 5) is 20.5. The van der Waals surface area contributed by atoms with Gasteiger partial charge in [0.2, 0.25) is 10.0 Å². The highest BCUT2D eigenvalue weighted by atomic mass is 32.2. The molecule has 4 aromatic rings. The van der Waals surface area contributed by atoms with Crippen LogP contribution in [-0.4, -0.2) is 24.3 Å². The Bertz CT molecular complexity index is 1270. The Kier molecular flexibility index (Phi) is 6.24. The maximum atomic E-state index is 12.5. The summed E-state index contributed by atoms with van der Waals surface area (Å²) in [5, 5.41) is 2.75. The average molecular weight is 450 g/mol. The summed E-state index contributed by atoms with van der Waals surface area (Å²) in [6, 6.07) is 17.6. The van der Waals surface area contributed by atoms with Gasteiger partial charge >= 0.3 is 6.01 Å². The van der Waals surface area contributed by atoms with E-state index in [-0.39, 0.29) is 23.4 Å². The minimum atomic E-state index is -3.73. The number of anilines is 1. The minimum absolute atomic E-state index is 0.0354. The van der Waals surface area contributed by atoms with Gasteiger partial charge in [-0.3, -0.25) is 4.79 Å². The van der Waals surface area contributed by atoms with Gasteiger partial charge in [-0.05, 0) is 66.7 Å². The topological polar surface area (TPSA) is 123 Å². The maximum absolute atomic E-state index is 12.5. The minimum Gasteiger partial charge on any atom is -0.468 e. The van der Waals surface area contributed by atoms with Crippen molar-refractivity contribution in [2.24, 2.45) is 0 Å². The molecule has 2 heterocycles. The van der Waals surface area contributed by atoms with Crippen LogP contribution in [0, 0.1) is 0 Å². The fraction of sp³-hybridized carbons (Fsp3) is 0.0455. The molecule has 9 nitrogen and oxygen atoms in total. The first kappa shape index (κ1) is 21.2. The molecule has 32 heavy (non-hydrogen) atoms. The van der Waals surface area contributed by atoms with Crippen LogP contribution in [0.1, 0.15) is 16.1 Å². The van der Waals surface area contributed by atoms with Gasteiger partial charge in [-0.2, -0.15) is 0 Å². The summed E-state index contributed by atoms with van der Waals surface area (Å²) < 4.78 is 37.8. The highest BCUT2D eigenvalue weighted by Crippen LogP contribution is 2.20. The highest BCUT2D eigenvalue weighted by molar-refractivity contribution is 7.89. The lowest BCUT2D eigenvalue weighted by Crippen LogP contribution is -2.23. The molecule has 0 atom stereocenters. The molecule has 0 spiro atoms. The van der Waals surface area contributed by atoms with Gasteiger partial charge in [-0.15, -0.1) is 0 Å². The first-order valence-corrected chi connectivity index (χ1v) is 11.0. The number of sulfonamides is 1. The van der Waals surface area contributed by atoms with Gasteiger partial charge in [0.25, 0.3) is 5.91 Å². The molecule has 4 rings (SSSR count). The summed E-state index contributed by atoms with van der Waals surface area (Å²) in [5.41, 5.74) is 0.862. The number of carbonyl (C=O) groups is 1. The lowest BCUT2D eigenvalue weighted by molar-refractivity contribution is 0.102. The van der Waals surface area contributed by atoms with Gasteiger partial charge < -0.3 is 14.5 Å². The second-order valence-corrected chi connectivity index (χ2v) is 8.31. The monoisotopic (exact) mass is 450 g/mol. The van der Waals surface area contributed by atoms with E-state index < -0.39 is 10.0 Å². The predicted octanol–water partition coefficient (Wildman–Crippen LogP) is 3.59. The van der Waals surface area contributed by atoms with Crippen LogP contribution in [0.3, 0.4) is 0 Å². The molecule has 0 aliphatic rings. The van der Waals surface area contributed by atoms with Crippen LogP contribution in [0.4, 0.5) is 5.69 Å². The zero-order valence-electron chi connectivity index (χ0n) is 16.6. The largest absolute Gasteiger partial charge is 0.468 e. The predicted molar refractivity (Wildman–Crippen MR) is 116 cm³/mol. The quantitative estimate of drug-likeness (QED) is 0.420. The second kappa shape index (κ2) is 9.41. The van der Waals surface area contributed by atoms with Crippen molar-refractivity contribution in [3.05, 3.63) is 96.7 Å². The van der Waals surface area contributed by atoms with E-state index in [2.05, 4.69) is 20.0 Å². The Balaban J connectivity index is 1.36. The van der Waals surface area contributed by atoms with Crippen LogP contribution in [0.15, 0.2) is 94.7 Å². The number of benzene rings is 2. The molecule has 2 N–H and O–H groups in total. The van der Waals surface area contributed by atoms with Gasteiger partial charge in [0, 0.05) is 23.6 Å². The van der Waals surface area contributed by atoms with E-state index in [9.17, 15) is 13.2 Å². The van der Waals surface area contributed by atoms with Crippen molar-refractivity contribution in [2.75, 3.05) is 5.32 Å². The number of ether oxygens (including phenoxy) is 1. The van der Waals surface area contributed by atoms with Crippen molar-refractivity contribution < 1.29 is 22.4 Å². The van der Waals surface area contributed by atoms with Crippen molar-refractivity contribution in [2.45, 2.75) is 11.4 Å². The average Bonchev–Trinajstić information content (AvgIpc) is 3.34. The van der Waals surface area contributed by atoms with Crippen LogP contribution in [-0.2, 0) is 16.6 Å². The Morgan fingerprint density at radius 1 is 0.938 bits per heavy atom. The molecule has 162 valence electrons. The standard InChI is InChI=1S/C22H18N4O5S/c27-21(26-17-6-8-18(9-7-17)31-22-23-12-2-13-24-22)16-4-10-20(11-5-16)32(28,29)25-15-19-3-1-14-30-19/h1-14,25H,15H2,(H,26,27). The Morgan fingerprint density at radius 3 is 2.31 bits per heavy atom. The zero-order valence-corrected chi connectivity index (χ0v) is 17.5. The first-order valence-electron chi connectivity index (χ1n) is 9.48. The Hall–Kier alpha value is -4.02. The molecule has 0 saturated heterocycles. The summed E-state index contributed by atoms with van der Waals surface area (Å²) >= 11 is 0. The van der Waals surface area contributed by atoms with E-state index in [1.807, 2.05) is 0 Å². The third kappa shape index (κ3) is 5.36. The molecule has 2 aromatic heterocycles. The number of nitrogens with one attached hydrogen (secondary N) is 2. The molecular formula is C22H18N4O5S. The number of furan rings is 1.